The van der Waals surface area contributed by atoms with Gasteiger partial charge in [-0.05, 0) is 20.4 Å². The minimum atomic E-state index is 0.428. The fraction of sp³-hybridized carbons (Fsp3) is 1.00. The smallest absolute Gasteiger partial charge is 0.0593 e. The zero-order valence-corrected chi connectivity index (χ0v) is 9.66. The van der Waals surface area contributed by atoms with Crippen molar-refractivity contribution in [2.24, 2.45) is 5.73 Å². The van der Waals surface area contributed by atoms with Crippen molar-refractivity contribution in [3.63, 3.8) is 0 Å². The Morgan fingerprint density at radius 2 is 2.00 bits per heavy atom. The number of nitrogens with two attached hydrogens (primary N) is 1. The lowest BCUT2D eigenvalue weighted by molar-refractivity contribution is 0.0826. The molecule has 0 spiro atoms. The molecule has 0 heterocycles. The zero-order valence-electron chi connectivity index (χ0n) is 9.66. The molecule has 4 heteroatoms. The van der Waals surface area contributed by atoms with Crippen LogP contribution >= 0.6 is 0 Å². The van der Waals surface area contributed by atoms with Gasteiger partial charge in [0, 0.05) is 39.5 Å². The number of nitrogens with zero attached hydrogens (tertiary/aromatic N) is 1. The van der Waals surface area contributed by atoms with E-state index in [-0.39, 0.29) is 0 Å². The molecule has 0 bridgehead atoms. The van der Waals surface area contributed by atoms with E-state index >= 15 is 0 Å². The Bertz CT molecular complexity index is 123. The van der Waals surface area contributed by atoms with E-state index in [1.807, 2.05) is 0 Å². The summed E-state index contributed by atoms with van der Waals surface area (Å²) in [6.07, 6.45) is 0.965. The van der Waals surface area contributed by atoms with Crippen molar-refractivity contribution < 1.29 is 9.47 Å². The Labute approximate surface area is 87.4 Å². The molecule has 0 saturated carbocycles. The third kappa shape index (κ3) is 7.26. The Kier molecular flexibility index (Phi) is 9.29. The standard InChI is InChI=1S/C10H24N2O2/c1-10(9-11)12(2)5-8-14-7-4-6-13-3/h10H,4-9,11H2,1-3H3. The van der Waals surface area contributed by atoms with Crippen molar-refractivity contribution in [3.05, 3.63) is 0 Å². The molecule has 0 fully saturated rings. The van der Waals surface area contributed by atoms with Gasteiger partial charge in [-0.25, -0.2) is 0 Å². The van der Waals surface area contributed by atoms with E-state index in [9.17, 15) is 0 Å². The van der Waals surface area contributed by atoms with Crippen LogP contribution in [0.3, 0.4) is 0 Å². The number of hydrogen-bond acceptors (Lipinski definition) is 4. The molecule has 0 radical (unpaired) electrons. The quantitative estimate of drug-likeness (QED) is 0.549. The number of methoxy groups -OCH3 is 1. The summed E-state index contributed by atoms with van der Waals surface area (Å²) < 4.78 is 10.4. The second-order valence-electron chi connectivity index (χ2n) is 3.52. The lowest BCUT2D eigenvalue weighted by atomic mass is 10.3. The van der Waals surface area contributed by atoms with E-state index in [4.69, 9.17) is 15.2 Å². The van der Waals surface area contributed by atoms with Crippen molar-refractivity contribution in [3.8, 4) is 0 Å². The van der Waals surface area contributed by atoms with Crippen LogP contribution in [0.2, 0.25) is 0 Å². The minimum absolute atomic E-state index is 0.428. The molecular weight excluding hydrogens is 180 g/mol. The number of rotatable bonds is 9. The summed E-state index contributed by atoms with van der Waals surface area (Å²) >= 11 is 0. The Balaban J connectivity index is 3.18. The summed E-state index contributed by atoms with van der Waals surface area (Å²) in [5.41, 5.74) is 5.54. The van der Waals surface area contributed by atoms with Crippen LogP contribution in [0.15, 0.2) is 0 Å². The molecule has 0 aromatic carbocycles. The molecule has 2 N–H and O–H groups in total. The van der Waals surface area contributed by atoms with E-state index < -0.39 is 0 Å². The summed E-state index contributed by atoms with van der Waals surface area (Å²) in [4.78, 5) is 2.20. The molecule has 0 amide bonds. The predicted molar refractivity (Wildman–Crippen MR) is 58.5 cm³/mol. The van der Waals surface area contributed by atoms with Gasteiger partial charge in [-0.2, -0.15) is 0 Å². The molecule has 0 aliphatic rings. The molecule has 0 aromatic rings. The van der Waals surface area contributed by atoms with Crippen LogP contribution in [-0.2, 0) is 9.47 Å². The van der Waals surface area contributed by atoms with Crippen molar-refractivity contribution in [2.45, 2.75) is 19.4 Å². The van der Waals surface area contributed by atoms with Crippen LogP contribution in [0.1, 0.15) is 13.3 Å². The maximum absolute atomic E-state index is 5.54. The molecule has 86 valence electrons. The van der Waals surface area contributed by atoms with Gasteiger partial charge in [-0.1, -0.05) is 0 Å². The number of hydrogen-bond donors (Lipinski definition) is 1. The summed E-state index contributed by atoms with van der Waals surface area (Å²) in [5.74, 6) is 0. The Morgan fingerprint density at radius 1 is 1.29 bits per heavy atom. The highest BCUT2D eigenvalue weighted by molar-refractivity contribution is 4.62. The van der Waals surface area contributed by atoms with E-state index in [0.29, 0.717) is 12.6 Å². The molecule has 1 atom stereocenters. The average Bonchev–Trinajstić information content (AvgIpc) is 2.21. The lowest BCUT2D eigenvalue weighted by Gasteiger charge is -2.22. The monoisotopic (exact) mass is 204 g/mol. The van der Waals surface area contributed by atoms with E-state index in [1.165, 1.54) is 0 Å². The van der Waals surface area contributed by atoms with E-state index in [1.54, 1.807) is 7.11 Å². The second-order valence-corrected chi connectivity index (χ2v) is 3.52. The van der Waals surface area contributed by atoms with Gasteiger partial charge in [0.25, 0.3) is 0 Å². The van der Waals surface area contributed by atoms with Crippen LogP contribution in [0, 0.1) is 0 Å². The Hall–Kier alpha value is -0.160. The summed E-state index contributed by atoms with van der Waals surface area (Å²) in [5, 5.41) is 0. The molecule has 0 rings (SSSR count). The normalized spacial score (nSPS) is 13.5. The van der Waals surface area contributed by atoms with Crippen LogP contribution in [0.25, 0.3) is 0 Å². The van der Waals surface area contributed by atoms with Gasteiger partial charge >= 0.3 is 0 Å². The van der Waals surface area contributed by atoms with E-state index in [0.717, 1.165) is 32.8 Å². The lowest BCUT2D eigenvalue weighted by Crippen LogP contribution is -2.37. The van der Waals surface area contributed by atoms with Crippen LogP contribution in [0.5, 0.6) is 0 Å². The number of ether oxygens (including phenoxy) is 2. The second kappa shape index (κ2) is 9.40. The summed E-state index contributed by atoms with van der Waals surface area (Å²) in [6.45, 7) is 6.06. The molecule has 0 aromatic heterocycles. The van der Waals surface area contributed by atoms with Gasteiger partial charge in [-0.15, -0.1) is 0 Å². The maximum Gasteiger partial charge on any atom is 0.0593 e. The first-order chi connectivity index (χ1) is 6.72. The first kappa shape index (κ1) is 13.8. The molecule has 14 heavy (non-hydrogen) atoms. The van der Waals surface area contributed by atoms with Crippen molar-refractivity contribution in [2.75, 3.05) is 47.1 Å². The van der Waals surface area contributed by atoms with Gasteiger partial charge in [-0.3, -0.25) is 0 Å². The van der Waals surface area contributed by atoms with Crippen LogP contribution < -0.4 is 5.73 Å². The zero-order chi connectivity index (χ0) is 10.8. The maximum atomic E-state index is 5.54. The Morgan fingerprint density at radius 3 is 2.57 bits per heavy atom. The van der Waals surface area contributed by atoms with Gasteiger partial charge in [0.2, 0.25) is 0 Å². The highest BCUT2D eigenvalue weighted by atomic mass is 16.5. The topological polar surface area (TPSA) is 47.7 Å². The highest BCUT2D eigenvalue weighted by Gasteiger charge is 2.05. The van der Waals surface area contributed by atoms with Gasteiger partial charge in [0.1, 0.15) is 0 Å². The van der Waals surface area contributed by atoms with Gasteiger partial charge in [0.05, 0.1) is 6.61 Å². The molecular formula is C10H24N2O2. The van der Waals surface area contributed by atoms with Crippen LogP contribution in [-0.4, -0.2) is 58.0 Å². The third-order valence-corrected chi connectivity index (χ3v) is 2.32. The molecule has 4 nitrogen and oxygen atoms in total. The fourth-order valence-electron chi connectivity index (χ4n) is 1.02. The number of likely N-dealkylation sites (N-methyl/N-ethyl adjacent to an activating group) is 1. The van der Waals surface area contributed by atoms with Gasteiger partial charge in [0.15, 0.2) is 0 Å². The average molecular weight is 204 g/mol. The molecule has 0 aliphatic heterocycles. The fourth-order valence-corrected chi connectivity index (χ4v) is 1.02. The SMILES string of the molecule is COCCCOCCN(C)C(C)CN. The first-order valence-corrected chi connectivity index (χ1v) is 5.19. The van der Waals surface area contributed by atoms with Crippen molar-refractivity contribution >= 4 is 0 Å². The summed E-state index contributed by atoms with van der Waals surface area (Å²) in [6, 6.07) is 0.428. The molecule has 1 unspecified atom stereocenters. The summed E-state index contributed by atoms with van der Waals surface area (Å²) in [7, 11) is 3.77. The minimum Gasteiger partial charge on any atom is -0.385 e. The van der Waals surface area contributed by atoms with Crippen LogP contribution in [0.4, 0.5) is 0 Å². The molecule has 0 aliphatic carbocycles. The first-order valence-electron chi connectivity index (χ1n) is 5.19. The van der Waals surface area contributed by atoms with E-state index in [2.05, 4.69) is 18.9 Å². The third-order valence-electron chi connectivity index (χ3n) is 2.32. The molecule has 0 saturated heterocycles. The van der Waals surface area contributed by atoms with Gasteiger partial charge < -0.3 is 20.1 Å². The van der Waals surface area contributed by atoms with Crippen molar-refractivity contribution in [1.29, 1.82) is 0 Å². The van der Waals surface area contributed by atoms with Crippen molar-refractivity contribution in [1.82, 2.24) is 4.90 Å². The highest BCUT2D eigenvalue weighted by Crippen LogP contribution is 1.92. The predicted octanol–water partition coefficient (Wildman–Crippen LogP) is 0.319. The largest absolute Gasteiger partial charge is 0.385 e.